The summed E-state index contributed by atoms with van der Waals surface area (Å²) in [6.07, 6.45) is 0.00732. The molecule has 1 heterocycles. The first-order valence-corrected chi connectivity index (χ1v) is 4.67. The molecular formula is C10H16O4. The Kier molecular flexibility index (Phi) is 2.83. The molecule has 0 aliphatic carbocycles. The van der Waals surface area contributed by atoms with Gasteiger partial charge >= 0.3 is 11.9 Å². The minimum absolute atomic E-state index is 0.0663. The van der Waals surface area contributed by atoms with Gasteiger partial charge in [-0.15, -0.1) is 0 Å². The van der Waals surface area contributed by atoms with E-state index in [9.17, 15) is 9.59 Å². The number of carbonyl (C=O) groups is 2. The van der Waals surface area contributed by atoms with Crippen LogP contribution in [0.25, 0.3) is 0 Å². The highest BCUT2D eigenvalue weighted by Crippen LogP contribution is 2.36. The van der Waals surface area contributed by atoms with Gasteiger partial charge in [-0.2, -0.15) is 0 Å². The zero-order valence-electron chi connectivity index (χ0n) is 8.99. The normalized spacial score (nSPS) is 27.3. The summed E-state index contributed by atoms with van der Waals surface area (Å²) in [4.78, 5) is 22.5. The quantitative estimate of drug-likeness (QED) is 0.627. The molecule has 0 spiro atoms. The number of methoxy groups -OCH3 is 1. The molecule has 0 N–H and O–H groups in total. The average Bonchev–Trinajstić information content (AvgIpc) is 2.44. The first-order chi connectivity index (χ1) is 6.39. The fourth-order valence-electron chi connectivity index (χ4n) is 1.91. The lowest BCUT2D eigenvalue weighted by atomic mass is 9.80. The van der Waals surface area contributed by atoms with Crippen LogP contribution in [0.4, 0.5) is 0 Å². The van der Waals surface area contributed by atoms with Crippen LogP contribution in [-0.2, 0) is 19.1 Å². The molecule has 1 aliphatic rings. The van der Waals surface area contributed by atoms with Gasteiger partial charge in [-0.3, -0.25) is 9.59 Å². The Morgan fingerprint density at radius 3 is 2.50 bits per heavy atom. The van der Waals surface area contributed by atoms with Crippen molar-refractivity contribution >= 4 is 11.9 Å². The zero-order chi connectivity index (χ0) is 10.9. The standard InChI is InChI=1S/C10H16O4/c1-6-5-7(11)14-8(6)10(2,3)9(12)13-4/h6,8H,5H2,1-4H3/t6-,8-/m0/s1. The predicted molar refractivity (Wildman–Crippen MR) is 49.5 cm³/mol. The molecular weight excluding hydrogens is 184 g/mol. The molecule has 80 valence electrons. The van der Waals surface area contributed by atoms with Gasteiger partial charge in [0.2, 0.25) is 0 Å². The van der Waals surface area contributed by atoms with Gasteiger partial charge in [0, 0.05) is 5.92 Å². The monoisotopic (exact) mass is 200 g/mol. The Labute approximate surface area is 83.6 Å². The molecule has 4 heteroatoms. The topological polar surface area (TPSA) is 52.6 Å². The Balaban J connectivity index is 2.82. The first kappa shape index (κ1) is 11.0. The van der Waals surface area contributed by atoms with Crippen molar-refractivity contribution in [2.45, 2.75) is 33.3 Å². The number of hydrogen-bond acceptors (Lipinski definition) is 4. The molecule has 1 rings (SSSR count). The Morgan fingerprint density at radius 2 is 2.14 bits per heavy atom. The molecule has 0 aromatic rings. The number of rotatable bonds is 2. The molecule has 0 bridgehead atoms. The third-order valence-corrected chi connectivity index (χ3v) is 2.69. The second-order valence-electron chi connectivity index (χ2n) is 4.31. The van der Waals surface area contributed by atoms with E-state index >= 15 is 0 Å². The maximum Gasteiger partial charge on any atom is 0.315 e. The van der Waals surface area contributed by atoms with Crippen molar-refractivity contribution in [2.75, 3.05) is 7.11 Å². The van der Waals surface area contributed by atoms with Crippen molar-refractivity contribution in [2.24, 2.45) is 11.3 Å². The number of esters is 2. The summed E-state index contributed by atoms with van der Waals surface area (Å²) in [5, 5.41) is 0. The number of hydrogen-bond donors (Lipinski definition) is 0. The Bertz CT molecular complexity index is 257. The van der Waals surface area contributed by atoms with Gasteiger partial charge in [0.1, 0.15) is 6.10 Å². The summed E-state index contributed by atoms with van der Waals surface area (Å²) in [7, 11) is 1.34. The zero-order valence-corrected chi connectivity index (χ0v) is 8.99. The molecule has 0 saturated carbocycles. The molecule has 14 heavy (non-hydrogen) atoms. The van der Waals surface area contributed by atoms with Crippen LogP contribution >= 0.6 is 0 Å². The molecule has 0 aromatic heterocycles. The Morgan fingerprint density at radius 1 is 1.57 bits per heavy atom. The maximum atomic E-state index is 11.5. The van der Waals surface area contributed by atoms with Crippen molar-refractivity contribution in [1.82, 2.24) is 0 Å². The summed E-state index contributed by atoms with van der Waals surface area (Å²) in [5.41, 5.74) is -0.764. The van der Waals surface area contributed by atoms with E-state index in [4.69, 9.17) is 4.74 Å². The highest BCUT2D eigenvalue weighted by Gasteiger charge is 2.47. The van der Waals surface area contributed by atoms with Crippen LogP contribution < -0.4 is 0 Å². The van der Waals surface area contributed by atoms with E-state index in [0.717, 1.165) is 0 Å². The minimum Gasteiger partial charge on any atom is -0.468 e. The van der Waals surface area contributed by atoms with E-state index in [1.54, 1.807) is 13.8 Å². The van der Waals surface area contributed by atoms with Crippen molar-refractivity contribution in [3.8, 4) is 0 Å². The van der Waals surface area contributed by atoms with E-state index in [-0.39, 0.29) is 24.0 Å². The lowest BCUT2D eigenvalue weighted by Gasteiger charge is -2.29. The van der Waals surface area contributed by atoms with E-state index < -0.39 is 5.41 Å². The Hall–Kier alpha value is -1.06. The molecule has 0 radical (unpaired) electrons. The van der Waals surface area contributed by atoms with E-state index in [2.05, 4.69) is 4.74 Å². The fourth-order valence-corrected chi connectivity index (χ4v) is 1.91. The summed E-state index contributed by atoms with van der Waals surface area (Å²) in [5.74, 6) is -0.514. The highest BCUT2D eigenvalue weighted by atomic mass is 16.6. The average molecular weight is 200 g/mol. The summed E-state index contributed by atoms with van der Waals surface area (Å²) >= 11 is 0. The van der Waals surface area contributed by atoms with Crippen molar-refractivity contribution in [1.29, 1.82) is 0 Å². The van der Waals surface area contributed by atoms with E-state index in [1.807, 2.05) is 6.92 Å². The summed E-state index contributed by atoms with van der Waals surface area (Å²) in [6.45, 7) is 5.37. The second kappa shape index (κ2) is 3.59. The van der Waals surface area contributed by atoms with Gasteiger partial charge in [-0.25, -0.2) is 0 Å². The number of ether oxygens (including phenoxy) is 2. The largest absolute Gasteiger partial charge is 0.468 e. The van der Waals surface area contributed by atoms with Crippen LogP contribution in [0.1, 0.15) is 27.2 Å². The molecule has 1 fully saturated rings. The third kappa shape index (κ3) is 1.74. The smallest absolute Gasteiger partial charge is 0.315 e. The van der Waals surface area contributed by atoms with E-state index in [1.165, 1.54) is 7.11 Å². The van der Waals surface area contributed by atoms with Crippen molar-refractivity contribution in [3.63, 3.8) is 0 Å². The molecule has 0 unspecified atom stereocenters. The van der Waals surface area contributed by atoms with Gasteiger partial charge in [-0.05, 0) is 13.8 Å². The maximum absolute atomic E-state index is 11.5. The van der Waals surface area contributed by atoms with Crippen LogP contribution in [0.2, 0.25) is 0 Å². The van der Waals surface area contributed by atoms with Gasteiger partial charge in [0.05, 0.1) is 18.9 Å². The molecule has 4 nitrogen and oxygen atoms in total. The molecule has 2 atom stereocenters. The van der Waals surface area contributed by atoms with Crippen LogP contribution in [0.5, 0.6) is 0 Å². The van der Waals surface area contributed by atoms with Gasteiger partial charge in [0.25, 0.3) is 0 Å². The third-order valence-electron chi connectivity index (χ3n) is 2.69. The number of carbonyl (C=O) groups excluding carboxylic acids is 2. The fraction of sp³-hybridized carbons (Fsp3) is 0.800. The second-order valence-corrected chi connectivity index (χ2v) is 4.31. The van der Waals surface area contributed by atoms with Crippen molar-refractivity contribution < 1.29 is 19.1 Å². The van der Waals surface area contributed by atoms with Crippen LogP contribution in [0.3, 0.4) is 0 Å². The summed E-state index contributed by atoms with van der Waals surface area (Å²) in [6, 6.07) is 0. The van der Waals surface area contributed by atoms with Crippen LogP contribution in [-0.4, -0.2) is 25.2 Å². The van der Waals surface area contributed by atoms with Crippen LogP contribution in [0, 0.1) is 11.3 Å². The summed E-state index contributed by atoms with van der Waals surface area (Å²) < 4.78 is 9.80. The molecule has 0 aromatic carbocycles. The van der Waals surface area contributed by atoms with E-state index in [0.29, 0.717) is 6.42 Å². The molecule has 1 aliphatic heterocycles. The molecule has 0 amide bonds. The highest BCUT2D eigenvalue weighted by molar-refractivity contribution is 5.79. The van der Waals surface area contributed by atoms with Gasteiger partial charge in [0.15, 0.2) is 0 Å². The van der Waals surface area contributed by atoms with Crippen molar-refractivity contribution in [3.05, 3.63) is 0 Å². The van der Waals surface area contributed by atoms with Gasteiger partial charge in [-0.1, -0.05) is 6.92 Å². The lowest BCUT2D eigenvalue weighted by molar-refractivity contribution is -0.163. The molecule has 1 saturated heterocycles. The number of cyclic esters (lactones) is 1. The predicted octanol–water partition coefficient (Wildman–Crippen LogP) is 1.14. The van der Waals surface area contributed by atoms with Crippen LogP contribution in [0.15, 0.2) is 0 Å². The lowest BCUT2D eigenvalue weighted by Crippen LogP contribution is -2.40. The minimum atomic E-state index is -0.764. The SMILES string of the molecule is COC(=O)C(C)(C)[C@H]1OC(=O)C[C@@H]1C. The first-order valence-electron chi connectivity index (χ1n) is 4.67. The van der Waals surface area contributed by atoms with Gasteiger partial charge < -0.3 is 9.47 Å².